The van der Waals surface area contributed by atoms with Gasteiger partial charge in [-0.3, -0.25) is 19.3 Å². The van der Waals surface area contributed by atoms with E-state index in [1.54, 1.807) is 29.4 Å². The molecule has 0 atom stereocenters. The van der Waals surface area contributed by atoms with Crippen LogP contribution >= 0.6 is 0 Å². The first-order chi connectivity index (χ1) is 16.0. The molecule has 0 aliphatic carbocycles. The number of carbonyl (C=O) groups is 3. The van der Waals surface area contributed by atoms with Gasteiger partial charge in [0.1, 0.15) is 12.1 Å². The first kappa shape index (κ1) is 20.8. The molecule has 0 unspecified atom stereocenters. The van der Waals surface area contributed by atoms with Gasteiger partial charge in [0.2, 0.25) is 0 Å². The van der Waals surface area contributed by atoms with E-state index in [0.717, 1.165) is 17.1 Å². The highest BCUT2D eigenvalue weighted by atomic mass is 16.2. The zero-order valence-electron chi connectivity index (χ0n) is 18.3. The number of fused-ring (bicyclic) bond motifs is 1. The van der Waals surface area contributed by atoms with Gasteiger partial charge in [-0.05, 0) is 30.7 Å². The normalized spacial score (nSPS) is 15.7. The first-order valence-electron chi connectivity index (χ1n) is 10.9. The Morgan fingerprint density at radius 1 is 0.879 bits per heavy atom. The fourth-order valence-electron chi connectivity index (χ4n) is 4.27. The smallest absolute Gasteiger partial charge is 0.261 e. The summed E-state index contributed by atoms with van der Waals surface area (Å²) < 4.78 is 0. The molecular formula is C25H23N5O3. The van der Waals surface area contributed by atoms with Crippen molar-refractivity contribution < 1.29 is 14.4 Å². The van der Waals surface area contributed by atoms with E-state index in [-0.39, 0.29) is 29.8 Å². The highest BCUT2D eigenvalue weighted by Gasteiger charge is 2.36. The molecule has 3 aromatic rings. The molecule has 0 saturated carbocycles. The molecule has 1 aromatic heterocycles. The second-order valence-electron chi connectivity index (χ2n) is 8.24. The molecule has 0 spiro atoms. The van der Waals surface area contributed by atoms with Crippen molar-refractivity contribution in [3.8, 4) is 0 Å². The summed E-state index contributed by atoms with van der Waals surface area (Å²) in [6, 6.07) is 16.1. The quantitative estimate of drug-likeness (QED) is 0.579. The number of aryl methyl sites for hydroxylation is 1. The molecule has 3 amide bonds. The van der Waals surface area contributed by atoms with E-state index < -0.39 is 0 Å². The molecule has 2 aliphatic heterocycles. The third-order valence-electron chi connectivity index (χ3n) is 6.08. The summed E-state index contributed by atoms with van der Waals surface area (Å²) in [5.41, 5.74) is 2.83. The Morgan fingerprint density at radius 2 is 1.61 bits per heavy atom. The summed E-state index contributed by atoms with van der Waals surface area (Å²) in [6.07, 6.45) is 1.55. The van der Waals surface area contributed by atoms with Crippen molar-refractivity contribution >= 4 is 23.5 Å². The van der Waals surface area contributed by atoms with Gasteiger partial charge >= 0.3 is 0 Å². The zero-order chi connectivity index (χ0) is 22.9. The lowest BCUT2D eigenvalue weighted by molar-refractivity contribution is 0.0642. The molecular weight excluding hydrogens is 418 g/mol. The molecule has 1 saturated heterocycles. The molecule has 8 nitrogen and oxygen atoms in total. The fraction of sp³-hybridized carbons (Fsp3) is 0.240. The third kappa shape index (κ3) is 3.95. The fourth-order valence-corrected chi connectivity index (χ4v) is 4.27. The predicted molar refractivity (Wildman–Crippen MR) is 122 cm³/mol. The van der Waals surface area contributed by atoms with Crippen LogP contribution in [0.4, 0.5) is 5.82 Å². The van der Waals surface area contributed by atoms with Gasteiger partial charge in [-0.2, -0.15) is 0 Å². The minimum atomic E-state index is -0.363. The zero-order valence-corrected chi connectivity index (χ0v) is 18.3. The number of benzene rings is 2. The molecule has 33 heavy (non-hydrogen) atoms. The van der Waals surface area contributed by atoms with Gasteiger partial charge in [-0.15, -0.1) is 0 Å². The summed E-state index contributed by atoms with van der Waals surface area (Å²) >= 11 is 0. The summed E-state index contributed by atoms with van der Waals surface area (Å²) in [7, 11) is 0. The van der Waals surface area contributed by atoms with Gasteiger partial charge in [-0.25, -0.2) is 9.97 Å². The van der Waals surface area contributed by atoms with Crippen LogP contribution in [0.1, 0.15) is 42.3 Å². The highest BCUT2D eigenvalue weighted by molar-refractivity contribution is 6.22. The summed E-state index contributed by atoms with van der Waals surface area (Å²) in [4.78, 5) is 52.4. The van der Waals surface area contributed by atoms with Crippen molar-refractivity contribution in [1.29, 1.82) is 0 Å². The van der Waals surface area contributed by atoms with Gasteiger partial charge in [0.25, 0.3) is 17.7 Å². The number of hydrogen-bond acceptors (Lipinski definition) is 6. The van der Waals surface area contributed by atoms with Crippen LogP contribution in [0, 0.1) is 6.92 Å². The number of nitrogens with zero attached hydrogens (tertiary/aromatic N) is 5. The maximum atomic E-state index is 13.1. The number of piperazine rings is 1. The number of aromatic nitrogens is 2. The average molecular weight is 441 g/mol. The Labute approximate surface area is 191 Å². The highest BCUT2D eigenvalue weighted by Crippen LogP contribution is 2.26. The summed E-state index contributed by atoms with van der Waals surface area (Å²) in [5.74, 6) is 0.0249. The minimum Gasteiger partial charge on any atom is -0.353 e. The minimum absolute atomic E-state index is 0.141. The Balaban J connectivity index is 1.29. The second-order valence-corrected chi connectivity index (χ2v) is 8.24. The Bertz CT molecular complexity index is 1240. The number of imide groups is 1. The molecule has 0 N–H and O–H groups in total. The lowest BCUT2D eigenvalue weighted by Gasteiger charge is -2.35. The van der Waals surface area contributed by atoms with Crippen LogP contribution in [0.2, 0.25) is 0 Å². The van der Waals surface area contributed by atoms with Crippen molar-refractivity contribution in [2.45, 2.75) is 13.5 Å². The topological polar surface area (TPSA) is 86.7 Å². The molecule has 0 bridgehead atoms. The number of carbonyl (C=O) groups excluding carboxylic acids is 3. The largest absolute Gasteiger partial charge is 0.353 e. The van der Waals surface area contributed by atoms with Crippen LogP contribution in [-0.2, 0) is 6.54 Å². The van der Waals surface area contributed by atoms with E-state index in [2.05, 4.69) is 14.9 Å². The standard InChI is InChI=1S/C25H23N5O3/c1-17-13-22(27-16-26-17)28-9-11-29(12-10-28)23(31)19-7-8-20-21(14-19)25(33)30(24(20)32)15-18-5-3-2-4-6-18/h2-8,13-14,16H,9-12,15H2,1H3. The summed E-state index contributed by atoms with van der Waals surface area (Å²) in [6.45, 7) is 4.55. The van der Waals surface area contributed by atoms with E-state index in [1.807, 2.05) is 43.3 Å². The van der Waals surface area contributed by atoms with Crippen molar-refractivity contribution in [3.63, 3.8) is 0 Å². The van der Waals surface area contributed by atoms with Crippen LogP contribution in [-0.4, -0.2) is 63.7 Å². The van der Waals surface area contributed by atoms with Gasteiger partial charge in [0.15, 0.2) is 0 Å². The van der Waals surface area contributed by atoms with E-state index in [0.29, 0.717) is 37.3 Å². The number of rotatable bonds is 4. The van der Waals surface area contributed by atoms with Crippen LogP contribution in [0.25, 0.3) is 0 Å². The van der Waals surface area contributed by atoms with Crippen LogP contribution in [0.3, 0.4) is 0 Å². The van der Waals surface area contributed by atoms with E-state index in [9.17, 15) is 14.4 Å². The van der Waals surface area contributed by atoms with Crippen LogP contribution in [0.15, 0.2) is 60.9 Å². The van der Waals surface area contributed by atoms with Crippen molar-refractivity contribution in [2.24, 2.45) is 0 Å². The van der Waals surface area contributed by atoms with Gasteiger partial charge in [0.05, 0.1) is 17.7 Å². The molecule has 1 fully saturated rings. The van der Waals surface area contributed by atoms with E-state index >= 15 is 0 Å². The molecule has 8 heteroatoms. The molecule has 0 radical (unpaired) electrons. The first-order valence-corrected chi connectivity index (χ1v) is 10.9. The predicted octanol–water partition coefficient (Wildman–Crippen LogP) is 2.54. The second kappa shape index (κ2) is 8.46. The molecule has 2 aromatic carbocycles. The van der Waals surface area contributed by atoms with Crippen LogP contribution < -0.4 is 4.90 Å². The Kier molecular flexibility index (Phi) is 5.34. The van der Waals surface area contributed by atoms with Gasteiger partial charge in [-0.1, -0.05) is 30.3 Å². The third-order valence-corrected chi connectivity index (χ3v) is 6.08. The SMILES string of the molecule is Cc1cc(N2CCN(C(=O)c3ccc4c(c3)C(=O)N(Cc3ccccc3)C4=O)CC2)ncn1. The molecule has 2 aliphatic rings. The lowest BCUT2D eigenvalue weighted by atomic mass is 10.0. The number of anilines is 1. The van der Waals surface area contributed by atoms with Crippen molar-refractivity contribution in [3.05, 3.63) is 88.9 Å². The molecule has 3 heterocycles. The van der Waals surface area contributed by atoms with Gasteiger partial charge in [0, 0.05) is 43.5 Å². The van der Waals surface area contributed by atoms with Crippen LogP contribution in [0.5, 0.6) is 0 Å². The van der Waals surface area contributed by atoms with Crippen molar-refractivity contribution in [1.82, 2.24) is 19.8 Å². The maximum absolute atomic E-state index is 13.1. The maximum Gasteiger partial charge on any atom is 0.261 e. The summed E-state index contributed by atoms with van der Waals surface area (Å²) in [5, 5.41) is 0. The monoisotopic (exact) mass is 441 g/mol. The lowest BCUT2D eigenvalue weighted by Crippen LogP contribution is -2.49. The Hall–Kier alpha value is -4.07. The van der Waals surface area contributed by atoms with E-state index in [1.165, 1.54) is 4.90 Å². The number of amides is 3. The number of hydrogen-bond donors (Lipinski definition) is 0. The average Bonchev–Trinajstić information content (AvgIpc) is 3.08. The molecule has 5 rings (SSSR count). The van der Waals surface area contributed by atoms with Gasteiger partial charge < -0.3 is 9.80 Å². The Morgan fingerprint density at radius 3 is 2.33 bits per heavy atom. The molecule has 166 valence electrons. The van der Waals surface area contributed by atoms with Crippen molar-refractivity contribution in [2.75, 3.05) is 31.1 Å². The van der Waals surface area contributed by atoms with E-state index in [4.69, 9.17) is 0 Å².